The predicted octanol–water partition coefficient (Wildman–Crippen LogP) is 3.61. The van der Waals surface area contributed by atoms with Crippen molar-refractivity contribution in [2.45, 2.75) is 84.3 Å². The van der Waals surface area contributed by atoms with Crippen molar-refractivity contribution in [2.75, 3.05) is 19.6 Å². The van der Waals surface area contributed by atoms with E-state index in [0.717, 1.165) is 13.1 Å². The molecule has 1 aliphatic rings. The van der Waals surface area contributed by atoms with Gasteiger partial charge in [0.2, 0.25) is 0 Å². The molecule has 1 heterocycles. The van der Waals surface area contributed by atoms with Gasteiger partial charge >= 0.3 is 6.09 Å². The van der Waals surface area contributed by atoms with Gasteiger partial charge in [0.05, 0.1) is 12.1 Å². The molecule has 136 valence electrons. The lowest BCUT2D eigenvalue weighted by atomic mass is 10.1. The van der Waals surface area contributed by atoms with Crippen LogP contribution in [0.4, 0.5) is 4.79 Å². The lowest BCUT2D eigenvalue weighted by molar-refractivity contribution is -0.00649. The van der Waals surface area contributed by atoms with Crippen molar-refractivity contribution < 1.29 is 14.0 Å². The van der Waals surface area contributed by atoms with Gasteiger partial charge in [0.15, 0.2) is 8.32 Å². The minimum absolute atomic E-state index is 0.00715. The van der Waals surface area contributed by atoms with E-state index >= 15 is 0 Å². The molecule has 0 aromatic carbocycles. The summed E-state index contributed by atoms with van der Waals surface area (Å²) in [5.74, 6) is 0. The highest BCUT2D eigenvalue weighted by molar-refractivity contribution is 6.74. The van der Waals surface area contributed by atoms with Crippen molar-refractivity contribution in [1.29, 1.82) is 0 Å². The summed E-state index contributed by atoms with van der Waals surface area (Å²) in [4.78, 5) is 14.4. The smallest absolute Gasteiger partial charge is 0.410 e. The van der Waals surface area contributed by atoms with Gasteiger partial charge in [-0.25, -0.2) is 4.79 Å². The van der Waals surface area contributed by atoms with Gasteiger partial charge in [-0.05, 0) is 45.8 Å². The van der Waals surface area contributed by atoms with Crippen molar-refractivity contribution in [1.82, 2.24) is 10.2 Å². The minimum Gasteiger partial charge on any atom is -0.444 e. The fourth-order valence-electron chi connectivity index (χ4n) is 2.41. The Morgan fingerprint density at radius 2 is 1.78 bits per heavy atom. The molecule has 1 fully saturated rings. The van der Waals surface area contributed by atoms with Crippen molar-refractivity contribution >= 4 is 14.4 Å². The Morgan fingerprint density at radius 3 is 2.26 bits per heavy atom. The molecule has 2 unspecified atom stereocenters. The summed E-state index contributed by atoms with van der Waals surface area (Å²) in [6.07, 6.45) is -0.258. The average Bonchev–Trinajstić information content (AvgIpc) is 2.34. The summed E-state index contributed by atoms with van der Waals surface area (Å²) in [5.41, 5.74) is -0.476. The SMILES string of the molecule is CC(O[Si](C)(C)C(C)(C)C)C1CNCCN1C(=O)OC(C)(C)C. The molecule has 1 aliphatic heterocycles. The third-order valence-corrected chi connectivity index (χ3v) is 9.31. The Bertz CT molecular complexity index is 413. The van der Waals surface area contributed by atoms with Crippen LogP contribution in [-0.4, -0.2) is 56.7 Å². The first kappa shape index (κ1) is 20.5. The number of hydrogen-bond acceptors (Lipinski definition) is 4. The van der Waals surface area contributed by atoms with E-state index in [1.54, 1.807) is 0 Å². The molecule has 0 aromatic rings. The number of amides is 1. The van der Waals surface area contributed by atoms with Crippen LogP contribution in [0.1, 0.15) is 48.5 Å². The standard InChI is InChI=1S/C17H36N2O3Si/c1-13(22-23(8,9)17(5,6)7)14-12-18-10-11-19(14)15(20)21-16(2,3)4/h13-14,18H,10-12H2,1-9H3. The Labute approximate surface area is 143 Å². The Hall–Kier alpha value is -0.593. The monoisotopic (exact) mass is 344 g/mol. The number of nitrogens with one attached hydrogen (secondary N) is 1. The summed E-state index contributed by atoms with van der Waals surface area (Å²) in [6, 6.07) is 0.00715. The quantitative estimate of drug-likeness (QED) is 0.795. The highest BCUT2D eigenvalue weighted by Crippen LogP contribution is 2.38. The zero-order chi connectivity index (χ0) is 18.1. The largest absolute Gasteiger partial charge is 0.444 e. The van der Waals surface area contributed by atoms with E-state index in [1.165, 1.54) is 0 Å². The van der Waals surface area contributed by atoms with Gasteiger partial charge in [0, 0.05) is 19.6 Å². The second-order valence-corrected chi connectivity index (χ2v) is 13.8. The molecule has 23 heavy (non-hydrogen) atoms. The molecule has 0 bridgehead atoms. The van der Waals surface area contributed by atoms with Gasteiger partial charge in [-0.2, -0.15) is 0 Å². The van der Waals surface area contributed by atoms with Crippen LogP contribution in [0.5, 0.6) is 0 Å². The second kappa shape index (κ2) is 7.11. The minimum atomic E-state index is -1.87. The van der Waals surface area contributed by atoms with E-state index in [0.29, 0.717) is 6.54 Å². The molecule has 0 aromatic heterocycles. The van der Waals surface area contributed by atoms with Crippen LogP contribution in [0.15, 0.2) is 0 Å². The third kappa shape index (κ3) is 5.76. The molecule has 6 heteroatoms. The van der Waals surface area contributed by atoms with Crippen molar-refractivity contribution in [3.05, 3.63) is 0 Å². The van der Waals surface area contributed by atoms with Gasteiger partial charge in [-0.1, -0.05) is 20.8 Å². The Kier molecular flexibility index (Phi) is 6.32. The van der Waals surface area contributed by atoms with Gasteiger partial charge in [0.1, 0.15) is 5.60 Å². The van der Waals surface area contributed by atoms with Crippen molar-refractivity contribution in [3.8, 4) is 0 Å². The number of nitrogens with zero attached hydrogens (tertiary/aromatic N) is 1. The van der Waals surface area contributed by atoms with Crippen LogP contribution < -0.4 is 5.32 Å². The van der Waals surface area contributed by atoms with Crippen LogP contribution >= 0.6 is 0 Å². The lowest BCUT2D eigenvalue weighted by Crippen LogP contribution is -2.60. The van der Waals surface area contributed by atoms with Crippen LogP contribution in [0.2, 0.25) is 18.1 Å². The van der Waals surface area contributed by atoms with Gasteiger partial charge in [-0.3, -0.25) is 0 Å². The predicted molar refractivity (Wildman–Crippen MR) is 97.3 cm³/mol. The molecule has 1 N–H and O–H groups in total. The van der Waals surface area contributed by atoms with Gasteiger partial charge in [-0.15, -0.1) is 0 Å². The molecule has 0 spiro atoms. The summed E-state index contributed by atoms with van der Waals surface area (Å²) in [5, 5.41) is 3.53. The van der Waals surface area contributed by atoms with E-state index in [4.69, 9.17) is 9.16 Å². The van der Waals surface area contributed by atoms with E-state index in [-0.39, 0.29) is 23.3 Å². The van der Waals surface area contributed by atoms with E-state index in [9.17, 15) is 4.79 Å². The van der Waals surface area contributed by atoms with Crippen molar-refractivity contribution in [3.63, 3.8) is 0 Å². The molecule has 5 nitrogen and oxygen atoms in total. The number of carbonyl (C=O) groups excluding carboxylic acids is 1. The number of carbonyl (C=O) groups is 1. The molecule has 0 aliphatic carbocycles. The summed E-state index contributed by atoms with van der Waals surface area (Å²) >= 11 is 0. The number of piperazine rings is 1. The van der Waals surface area contributed by atoms with Gasteiger partial charge in [0.25, 0.3) is 0 Å². The third-order valence-electron chi connectivity index (χ3n) is 4.74. The van der Waals surface area contributed by atoms with Crippen molar-refractivity contribution in [2.24, 2.45) is 0 Å². The number of rotatable bonds is 3. The molecule has 1 amide bonds. The van der Waals surface area contributed by atoms with E-state index in [2.05, 4.69) is 46.1 Å². The first-order valence-corrected chi connectivity index (χ1v) is 11.5. The molecule has 1 rings (SSSR count). The van der Waals surface area contributed by atoms with Crippen LogP contribution in [0.3, 0.4) is 0 Å². The highest BCUT2D eigenvalue weighted by Gasteiger charge is 2.42. The van der Waals surface area contributed by atoms with Crippen LogP contribution in [-0.2, 0) is 9.16 Å². The van der Waals surface area contributed by atoms with Crippen LogP contribution in [0, 0.1) is 0 Å². The number of hydrogen-bond donors (Lipinski definition) is 1. The highest BCUT2D eigenvalue weighted by atomic mass is 28.4. The topological polar surface area (TPSA) is 50.8 Å². The fraction of sp³-hybridized carbons (Fsp3) is 0.941. The zero-order valence-electron chi connectivity index (χ0n) is 16.4. The first-order valence-electron chi connectivity index (χ1n) is 8.63. The first-order chi connectivity index (χ1) is 10.2. The van der Waals surface area contributed by atoms with E-state index < -0.39 is 13.9 Å². The Balaban J connectivity index is 2.83. The summed E-state index contributed by atoms with van der Waals surface area (Å²) in [6.45, 7) is 21.2. The normalized spacial score (nSPS) is 22.0. The molecule has 0 radical (unpaired) electrons. The molecular weight excluding hydrogens is 308 g/mol. The number of ether oxygens (including phenoxy) is 1. The fourth-order valence-corrected chi connectivity index (χ4v) is 3.85. The molecular formula is C17H36N2O3Si. The zero-order valence-corrected chi connectivity index (χ0v) is 17.4. The van der Waals surface area contributed by atoms with Crippen LogP contribution in [0.25, 0.3) is 0 Å². The van der Waals surface area contributed by atoms with Gasteiger partial charge < -0.3 is 19.4 Å². The maximum absolute atomic E-state index is 12.5. The average molecular weight is 345 g/mol. The second-order valence-electron chi connectivity index (χ2n) is 9.03. The lowest BCUT2D eigenvalue weighted by Gasteiger charge is -2.44. The Morgan fingerprint density at radius 1 is 1.22 bits per heavy atom. The summed E-state index contributed by atoms with van der Waals surface area (Å²) in [7, 11) is -1.87. The molecule has 2 atom stereocenters. The maximum atomic E-state index is 12.5. The summed E-state index contributed by atoms with van der Waals surface area (Å²) < 4.78 is 12.1. The maximum Gasteiger partial charge on any atom is 0.410 e. The molecule has 0 saturated carbocycles. The van der Waals surface area contributed by atoms with E-state index in [1.807, 2.05) is 25.7 Å². The molecule has 1 saturated heterocycles.